The number of hydrogen-bond acceptors (Lipinski definition) is 6. The van der Waals surface area contributed by atoms with E-state index in [1.54, 1.807) is 47.9 Å². The van der Waals surface area contributed by atoms with Gasteiger partial charge in [0.05, 0.1) is 6.10 Å². The number of benzene rings is 2. The lowest BCUT2D eigenvalue weighted by molar-refractivity contribution is -0.129. The van der Waals surface area contributed by atoms with Crippen LogP contribution in [0.5, 0.6) is 5.75 Å². The fraction of sp³-hybridized carbons (Fsp3) is 0.263. The van der Waals surface area contributed by atoms with Crippen molar-refractivity contribution >= 4 is 17.0 Å². The van der Waals surface area contributed by atoms with Gasteiger partial charge in [-0.05, 0) is 42.7 Å². The number of fused-ring (bicyclic) bond motifs is 1. The molecule has 1 amide bonds. The molecule has 7 heteroatoms. The number of carbonyl (C=O) groups excluding carboxylic acids is 1. The van der Waals surface area contributed by atoms with Crippen LogP contribution in [0, 0.1) is 0 Å². The van der Waals surface area contributed by atoms with E-state index in [0.717, 1.165) is 11.1 Å². The van der Waals surface area contributed by atoms with Gasteiger partial charge in [0.1, 0.15) is 5.75 Å². The Morgan fingerprint density at radius 3 is 2.62 bits per heavy atom. The van der Waals surface area contributed by atoms with Gasteiger partial charge in [-0.2, -0.15) is 0 Å². The lowest BCUT2D eigenvalue weighted by Gasteiger charge is -2.11. The van der Waals surface area contributed by atoms with Gasteiger partial charge in [-0.3, -0.25) is 10.0 Å². The van der Waals surface area contributed by atoms with E-state index in [4.69, 9.17) is 9.62 Å². The maximum atomic E-state index is 10.9. The van der Waals surface area contributed by atoms with E-state index in [-0.39, 0.29) is 12.2 Å². The summed E-state index contributed by atoms with van der Waals surface area (Å²) in [6.45, 7) is 0. The topological polar surface area (TPSA) is 116 Å². The molecule has 1 atom stereocenters. The molecule has 7 nitrogen and oxygen atoms in total. The molecule has 0 aliphatic heterocycles. The quantitative estimate of drug-likeness (QED) is 0.293. The van der Waals surface area contributed by atoms with Crippen LogP contribution in [0.4, 0.5) is 0 Å². The van der Waals surface area contributed by atoms with Crippen LogP contribution in [0.3, 0.4) is 0 Å². The molecule has 1 unspecified atom stereocenters. The molecule has 3 aromatic rings. The molecule has 136 valence electrons. The minimum Gasteiger partial charge on any atom is -0.506 e. The van der Waals surface area contributed by atoms with Gasteiger partial charge < -0.3 is 14.6 Å². The first-order valence-corrected chi connectivity index (χ1v) is 8.38. The maximum Gasteiger partial charge on any atom is 0.243 e. The molecule has 1 aromatic heterocycles. The van der Waals surface area contributed by atoms with Gasteiger partial charge in [0.15, 0.2) is 11.1 Å². The number of aromatic hydroxyl groups is 1. The van der Waals surface area contributed by atoms with Crippen molar-refractivity contribution in [3.63, 3.8) is 0 Å². The van der Waals surface area contributed by atoms with Crippen molar-refractivity contribution in [1.82, 2.24) is 10.5 Å². The number of amides is 1. The molecule has 0 saturated heterocycles. The predicted molar refractivity (Wildman–Crippen MR) is 94.5 cm³/mol. The third-order valence-electron chi connectivity index (χ3n) is 4.20. The van der Waals surface area contributed by atoms with Crippen LogP contribution >= 0.6 is 0 Å². The van der Waals surface area contributed by atoms with E-state index in [1.807, 2.05) is 0 Å². The Balaban J connectivity index is 1.64. The van der Waals surface area contributed by atoms with Crippen molar-refractivity contribution in [1.29, 1.82) is 0 Å². The summed E-state index contributed by atoms with van der Waals surface area (Å²) in [5.41, 5.74) is 4.02. The van der Waals surface area contributed by atoms with Crippen LogP contribution in [-0.4, -0.2) is 26.3 Å². The van der Waals surface area contributed by atoms with Crippen LogP contribution in [0.25, 0.3) is 22.6 Å². The summed E-state index contributed by atoms with van der Waals surface area (Å²) in [6.07, 6.45) is 1.38. The summed E-state index contributed by atoms with van der Waals surface area (Å²) in [5, 5.41) is 28.5. The van der Waals surface area contributed by atoms with Crippen molar-refractivity contribution in [3.8, 4) is 17.2 Å². The molecule has 0 radical (unpaired) electrons. The second kappa shape index (κ2) is 7.99. The number of rotatable bonds is 7. The summed E-state index contributed by atoms with van der Waals surface area (Å²) < 4.78 is 5.66. The first-order valence-electron chi connectivity index (χ1n) is 8.38. The highest BCUT2D eigenvalue weighted by atomic mass is 16.5. The number of carbonyl (C=O) groups is 1. The van der Waals surface area contributed by atoms with E-state index in [0.29, 0.717) is 36.3 Å². The van der Waals surface area contributed by atoms with E-state index >= 15 is 0 Å². The van der Waals surface area contributed by atoms with Crippen molar-refractivity contribution in [2.75, 3.05) is 0 Å². The number of phenols is 1. The number of aliphatic hydroxyl groups excluding tert-OH is 1. The first kappa shape index (κ1) is 17.9. The van der Waals surface area contributed by atoms with Crippen LogP contribution in [0.1, 0.15) is 37.4 Å². The van der Waals surface area contributed by atoms with Gasteiger partial charge in [0, 0.05) is 12.0 Å². The third kappa shape index (κ3) is 4.01. The Labute approximate surface area is 149 Å². The second-order valence-electron chi connectivity index (χ2n) is 6.06. The Kier molecular flexibility index (Phi) is 5.50. The van der Waals surface area contributed by atoms with E-state index in [1.165, 1.54) is 0 Å². The molecule has 1 heterocycles. The van der Waals surface area contributed by atoms with Gasteiger partial charge in [-0.15, -0.1) is 0 Å². The third-order valence-corrected chi connectivity index (χ3v) is 4.20. The average Bonchev–Trinajstić information content (AvgIpc) is 3.10. The standard InChI is InChI=1S/C19H20N2O5/c22-14(4-1-2-7-17(24)21-25)12-8-10-13(11-9-12)19-20-18-15(23)5-3-6-16(18)26-19/h3,5-6,8-11,14,22-23,25H,1-2,4,7H2,(H,21,24). The van der Waals surface area contributed by atoms with Crippen molar-refractivity contribution in [2.45, 2.75) is 31.8 Å². The molecular formula is C19H20N2O5. The number of hydrogen-bond donors (Lipinski definition) is 4. The van der Waals surface area contributed by atoms with Gasteiger partial charge >= 0.3 is 0 Å². The zero-order chi connectivity index (χ0) is 18.5. The fourth-order valence-corrected chi connectivity index (χ4v) is 2.75. The number of para-hydroxylation sites is 1. The van der Waals surface area contributed by atoms with E-state index in [2.05, 4.69) is 4.98 Å². The van der Waals surface area contributed by atoms with E-state index < -0.39 is 12.0 Å². The van der Waals surface area contributed by atoms with Gasteiger partial charge in [-0.25, -0.2) is 10.5 Å². The summed E-state index contributed by atoms with van der Waals surface area (Å²) >= 11 is 0. The summed E-state index contributed by atoms with van der Waals surface area (Å²) in [4.78, 5) is 15.2. The minimum atomic E-state index is -0.631. The maximum absolute atomic E-state index is 10.9. The zero-order valence-electron chi connectivity index (χ0n) is 14.1. The molecule has 0 fully saturated rings. The minimum absolute atomic E-state index is 0.0689. The Hall–Kier alpha value is -2.90. The number of aromatic nitrogens is 1. The smallest absolute Gasteiger partial charge is 0.243 e. The highest BCUT2D eigenvalue weighted by Gasteiger charge is 2.13. The number of hydroxylamine groups is 1. The first-order chi connectivity index (χ1) is 12.6. The molecule has 2 aromatic carbocycles. The number of nitrogens with zero attached hydrogens (tertiary/aromatic N) is 1. The number of phenolic OH excluding ortho intramolecular Hbond substituents is 1. The Morgan fingerprint density at radius 2 is 1.92 bits per heavy atom. The molecule has 26 heavy (non-hydrogen) atoms. The van der Waals surface area contributed by atoms with Gasteiger partial charge in [0.2, 0.25) is 11.8 Å². The van der Waals surface area contributed by atoms with Gasteiger partial charge in [0.25, 0.3) is 0 Å². The lowest BCUT2D eigenvalue weighted by Crippen LogP contribution is -2.17. The normalized spacial score (nSPS) is 12.2. The highest BCUT2D eigenvalue weighted by molar-refractivity contribution is 5.81. The zero-order valence-corrected chi connectivity index (χ0v) is 14.1. The van der Waals surface area contributed by atoms with Gasteiger partial charge in [-0.1, -0.05) is 24.6 Å². The highest BCUT2D eigenvalue weighted by Crippen LogP contribution is 2.30. The number of aliphatic hydroxyl groups is 1. The van der Waals surface area contributed by atoms with Crippen LogP contribution < -0.4 is 5.48 Å². The molecule has 0 aliphatic rings. The molecule has 3 rings (SSSR count). The van der Waals surface area contributed by atoms with Crippen LogP contribution in [0.2, 0.25) is 0 Å². The number of oxazole rings is 1. The predicted octanol–water partition coefficient (Wildman–Crippen LogP) is 3.30. The Morgan fingerprint density at radius 1 is 1.15 bits per heavy atom. The van der Waals surface area contributed by atoms with Crippen LogP contribution in [0.15, 0.2) is 46.9 Å². The summed E-state index contributed by atoms with van der Waals surface area (Å²) in [5.74, 6) is 0.0465. The molecular weight excluding hydrogens is 336 g/mol. The second-order valence-corrected chi connectivity index (χ2v) is 6.06. The van der Waals surface area contributed by atoms with Crippen LogP contribution in [-0.2, 0) is 4.79 Å². The SMILES string of the molecule is O=C(CCCCC(O)c1ccc(-c2nc3c(O)cccc3o2)cc1)NO. The summed E-state index contributed by atoms with van der Waals surface area (Å²) in [7, 11) is 0. The Bertz CT molecular complexity index is 889. The molecule has 0 saturated carbocycles. The van der Waals surface area contributed by atoms with Crippen molar-refractivity contribution in [3.05, 3.63) is 48.0 Å². The number of nitrogens with one attached hydrogen (secondary N) is 1. The lowest BCUT2D eigenvalue weighted by atomic mass is 10.0. The summed E-state index contributed by atoms with van der Waals surface area (Å²) in [6, 6.07) is 12.2. The average molecular weight is 356 g/mol. The molecule has 0 bridgehead atoms. The number of unbranched alkanes of at least 4 members (excludes halogenated alkanes) is 1. The molecule has 4 N–H and O–H groups in total. The van der Waals surface area contributed by atoms with Crippen molar-refractivity contribution < 1.29 is 24.6 Å². The fourth-order valence-electron chi connectivity index (χ4n) is 2.75. The largest absolute Gasteiger partial charge is 0.506 e. The molecule has 0 spiro atoms. The van der Waals surface area contributed by atoms with E-state index in [9.17, 15) is 15.0 Å². The monoisotopic (exact) mass is 356 g/mol. The van der Waals surface area contributed by atoms with Crippen molar-refractivity contribution in [2.24, 2.45) is 0 Å². The molecule has 0 aliphatic carbocycles.